The summed E-state index contributed by atoms with van der Waals surface area (Å²) >= 11 is 0. The summed E-state index contributed by atoms with van der Waals surface area (Å²) in [6.07, 6.45) is 9.92. The van der Waals surface area contributed by atoms with Crippen LogP contribution in [0.3, 0.4) is 0 Å². The summed E-state index contributed by atoms with van der Waals surface area (Å²) in [5.74, 6) is 8.33. The van der Waals surface area contributed by atoms with Crippen molar-refractivity contribution in [3.05, 3.63) is 95.4 Å². The van der Waals surface area contributed by atoms with Gasteiger partial charge in [0.05, 0.1) is 6.10 Å². The molecular formula is C40H48N8O. The minimum Gasteiger partial charge on any atom is -0.393 e. The van der Waals surface area contributed by atoms with E-state index in [2.05, 4.69) is 80.0 Å². The van der Waals surface area contributed by atoms with E-state index in [9.17, 15) is 5.11 Å². The van der Waals surface area contributed by atoms with Crippen molar-refractivity contribution >= 4 is 17.5 Å². The van der Waals surface area contributed by atoms with E-state index in [-0.39, 0.29) is 6.10 Å². The number of rotatable bonds is 11. The lowest BCUT2D eigenvalue weighted by Gasteiger charge is -2.32. The van der Waals surface area contributed by atoms with Gasteiger partial charge in [-0.1, -0.05) is 30.2 Å². The van der Waals surface area contributed by atoms with Crippen molar-refractivity contribution in [2.75, 3.05) is 50.4 Å². The molecular weight excluding hydrogens is 608 g/mol. The zero-order valence-electron chi connectivity index (χ0n) is 28.5. The van der Waals surface area contributed by atoms with Crippen LogP contribution in [0.1, 0.15) is 60.9 Å². The minimum atomic E-state index is -0.162. The standard InChI is InChI=1S/C40H48N8O/c1-47-20-22-48(23-21-47)28-31-2-9-33(10-3-31)38-27-44-40(46-39(38)43-25-30-7-16-37(49)17-8-30)45-35-11-4-29(5-12-35)6-13-36-24-32(18-19-41-36)26-42-34-14-15-34/h2-5,9-12,18-19,24,27,30,34,37,42,49H,7-8,14-17,20-23,25-26,28H2,1H3,(H2,43,44,45,46). The lowest BCUT2D eigenvalue weighted by atomic mass is 9.87. The maximum Gasteiger partial charge on any atom is 0.229 e. The normalized spacial score (nSPS) is 20.0. The Kier molecular flexibility index (Phi) is 10.8. The van der Waals surface area contributed by atoms with E-state index in [1.54, 1.807) is 0 Å². The van der Waals surface area contributed by atoms with Crippen LogP contribution < -0.4 is 16.0 Å². The van der Waals surface area contributed by atoms with Gasteiger partial charge in [-0.15, -0.1) is 0 Å². The second kappa shape index (κ2) is 15.9. The maximum absolute atomic E-state index is 10.00. The molecule has 2 saturated carbocycles. The Hall–Kier alpha value is -4.33. The van der Waals surface area contributed by atoms with E-state index in [0.717, 1.165) is 105 Å². The Balaban J connectivity index is 1.03. The average molecular weight is 657 g/mol. The zero-order chi connectivity index (χ0) is 33.4. The van der Waals surface area contributed by atoms with Crippen LogP contribution in [-0.2, 0) is 13.1 Å². The fourth-order valence-corrected chi connectivity index (χ4v) is 6.54. The highest BCUT2D eigenvalue weighted by atomic mass is 16.3. The van der Waals surface area contributed by atoms with Gasteiger partial charge in [0, 0.05) is 81.1 Å². The minimum absolute atomic E-state index is 0.162. The molecule has 2 aromatic carbocycles. The molecule has 49 heavy (non-hydrogen) atoms. The van der Waals surface area contributed by atoms with Gasteiger partial charge in [0.25, 0.3) is 0 Å². The molecule has 3 aliphatic rings. The van der Waals surface area contributed by atoms with E-state index in [1.165, 1.54) is 24.0 Å². The number of aromatic nitrogens is 3. The molecule has 0 atom stereocenters. The van der Waals surface area contributed by atoms with Gasteiger partial charge < -0.3 is 26.0 Å². The highest BCUT2D eigenvalue weighted by Gasteiger charge is 2.21. The lowest BCUT2D eigenvalue weighted by Crippen LogP contribution is -2.43. The number of likely N-dealkylation sites (N-methyl/N-ethyl adjacent to an activating group) is 1. The van der Waals surface area contributed by atoms with Crippen LogP contribution in [0.25, 0.3) is 11.1 Å². The molecule has 0 bridgehead atoms. The number of benzene rings is 2. The Morgan fingerprint density at radius 3 is 2.37 bits per heavy atom. The molecule has 4 N–H and O–H groups in total. The molecule has 2 aromatic heterocycles. The van der Waals surface area contributed by atoms with Crippen molar-refractivity contribution in [1.29, 1.82) is 0 Å². The number of hydrogen-bond acceptors (Lipinski definition) is 9. The van der Waals surface area contributed by atoms with Crippen molar-refractivity contribution < 1.29 is 5.11 Å². The SMILES string of the molecule is CN1CCN(Cc2ccc(-c3cnc(Nc4ccc(C#Cc5cc(CNC6CC6)ccn5)cc4)nc3NCC3CCC(O)CC3)cc2)CC1. The number of aliphatic hydroxyl groups excluding tert-OH is 1. The number of piperazine rings is 1. The third-order valence-electron chi connectivity index (χ3n) is 9.90. The summed E-state index contributed by atoms with van der Waals surface area (Å²) < 4.78 is 0. The second-order valence-electron chi connectivity index (χ2n) is 13.9. The molecule has 1 saturated heterocycles. The van der Waals surface area contributed by atoms with Crippen molar-refractivity contribution in [3.8, 4) is 23.0 Å². The van der Waals surface area contributed by atoms with Crippen LogP contribution in [0, 0.1) is 17.8 Å². The van der Waals surface area contributed by atoms with E-state index in [0.29, 0.717) is 17.9 Å². The van der Waals surface area contributed by atoms with Crippen molar-refractivity contribution in [2.45, 2.75) is 63.8 Å². The Bertz CT molecular complexity index is 1730. The van der Waals surface area contributed by atoms with Crippen LogP contribution in [0.5, 0.6) is 0 Å². The van der Waals surface area contributed by atoms with Gasteiger partial charge in [-0.3, -0.25) is 4.90 Å². The summed E-state index contributed by atoms with van der Waals surface area (Å²) in [6, 6.07) is 21.6. The second-order valence-corrected chi connectivity index (χ2v) is 13.9. The van der Waals surface area contributed by atoms with Crippen molar-refractivity contribution in [1.82, 2.24) is 30.1 Å². The molecule has 1 aliphatic heterocycles. The van der Waals surface area contributed by atoms with Gasteiger partial charge in [0.1, 0.15) is 11.5 Å². The Morgan fingerprint density at radius 1 is 0.837 bits per heavy atom. The van der Waals surface area contributed by atoms with Crippen LogP contribution in [-0.4, -0.2) is 81.8 Å². The largest absolute Gasteiger partial charge is 0.393 e. The Labute approximate surface area is 290 Å². The number of anilines is 3. The highest BCUT2D eigenvalue weighted by Crippen LogP contribution is 2.30. The van der Waals surface area contributed by atoms with E-state index >= 15 is 0 Å². The van der Waals surface area contributed by atoms with Gasteiger partial charge in [0.15, 0.2) is 0 Å². The molecule has 9 nitrogen and oxygen atoms in total. The zero-order valence-corrected chi connectivity index (χ0v) is 28.5. The molecule has 9 heteroatoms. The van der Waals surface area contributed by atoms with Gasteiger partial charge >= 0.3 is 0 Å². The fraction of sp³-hybridized carbons (Fsp3) is 0.425. The van der Waals surface area contributed by atoms with Gasteiger partial charge in [-0.05, 0) is 110 Å². The number of pyridine rings is 1. The molecule has 7 rings (SSSR count). The molecule has 0 spiro atoms. The predicted octanol–water partition coefficient (Wildman–Crippen LogP) is 5.64. The topological polar surface area (TPSA) is 101 Å². The summed E-state index contributed by atoms with van der Waals surface area (Å²) in [4.78, 5) is 19.0. The smallest absolute Gasteiger partial charge is 0.229 e. The first kappa shape index (κ1) is 33.2. The molecule has 3 fully saturated rings. The summed E-state index contributed by atoms with van der Waals surface area (Å²) in [5, 5.41) is 20.6. The third kappa shape index (κ3) is 9.64. The summed E-state index contributed by atoms with van der Waals surface area (Å²) in [7, 11) is 2.19. The first-order valence-electron chi connectivity index (χ1n) is 17.9. The Morgan fingerprint density at radius 2 is 1.61 bits per heavy atom. The molecule has 0 amide bonds. The van der Waals surface area contributed by atoms with Crippen LogP contribution in [0.4, 0.5) is 17.5 Å². The predicted molar refractivity (Wildman–Crippen MR) is 196 cm³/mol. The molecule has 254 valence electrons. The summed E-state index contributed by atoms with van der Waals surface area (Å²) in [6.45, 7) is 7.10. The van der Waals surface area contributed by atoms with E-state index in [4.69, 9.17) is 9.97 Å². The molecule has 4 aromatic rings. The first-order valence-corrected chi connectivity index (χ1v) is 17.9. The van der Waals surface area contributed by atoms with Crippen LogP contribution in [0.15, 0.2) is 73.1 Å². The molecule has 3 heterocycles. The molecule has 2 aliphatic carbocycles. The first-order chi connectivity index (χ1) is 24.0. The number of hydrogen-bond donors (Lipinski definition) is 4. The fourth-order valence-electron chi connectivity index (χ4n) is 6.54. The van der Waals surface area contributed by atoms with Gasteiger partial charge in [0.2, 0.25) is 5.95 Å². The van der Waals surface area contributed by atoms with Gasteiger partial charge in [-0.2, -0.15) is 4.98 Å². The number of aliphatic hydroxyl groups is 1. The number of nitrogens with one attached hydrogen (secondary N) is 3. The average Bonchev–Trinajstić information content (AvgIpc) is 3.97. The maximum atomic E-state index is 10.00. The quantitative estimate of drug-likeness (QED) is 0.153. The van der Waals surface area contributed by atoms with E-state index < -0.39 is 0 Å². The van der Waals surface area contributed by atoms with E-state index in [1.807, 2.05) is 42.7 Å². The number of nitrogens with zero attached hydrogens (tertiary/aromatic N) is 5. The molecule has 0 radical (unpaired) electrons. The summed E-state index contributed by atoms with van der Waals surface area (Å²) in [5.41, 5.74) is 7.20. The lowest BCUT2D eigenvalue weighted by molar-refractivity contribution is 0.111. The van der Waals surface area contributed by atoms with Crippen molar-refractivity contribution in [3.63, 3.8) is 0 Å². The highest BCUT2D eigenvalue weighted by molar-refractivity contribution is 5.76. The monoisotopic (exact) mass is 656 g/mol. The molecule has 0 unspecified atom stereocenters. The third-order valence-corrected chi connectivity index (χ3v) is 9.90. The van der Waals surface area contributed by atoms with Crippen LogP contribution >= 0.6 is 0 Å². The van der Waals surface area contributed by atoms with Gasteiger partial charge in [-0.25, -0.2) is 9.97 Å². The van der Waals surface area contributed by atoms with Crippen molar-refractivity contribution in [2.24, 2.45) is 5.92 Å². The van der Waals surface area contributed by atoms with Crippen LogP contribution in [0.2, 0.25) is 0 Å².